The number of nitrogens with one attached hydrogen (secondary N) is 3. The molecule has 120 valence electrons. The summed E-state index contributed by atoms with van der Waals surface area (Å²) in [6.45, 7) is 1.45. The fraction of sp³-hybridized carbons (Fsp3) is 0.0556. The number of carbonyl (C=O) groups is 2. The van der Waals surface area contributed by atoms with Crippen LogP contribution in [0.1, 0.15) is 22.8 Å². The normalized spacial score (nSPS) is 10.9. The Kier molecular flexibility index (Phi) is 4.38. The highest BCUT2D eigenvalue weighted by Crippen LogP contribution is 2.17. The van der Waals surface area contributed by atoms with Gasteiger partial charge in [0.25, 0.3) is 5.91 Å². The first kappa shape index (κ1) is 15.5. The molecule has 0 fully saturated rings. The summed E-state index contributed by atoms with van der Waals surface area (Å²) >= 11 is 0. The monoisotopic (exact) mass is 320 g/mol. The third kappa shape index (κ3) is 3.49. The molecule has 2 aromatic carbocycles. The predicted molar refractivity (Wildman–Crippen MR) is 94.1 cm³/mol. The third-order valence-electron chi connectivity index (χ3n) is 3.44. The number of anilines is 1. The van der Waals surface area contributed by atoms with Gasteiger partial charge in [-0.05, 0) is 23.8 Å². The molecule has 0 unspecified atom stereocenters. The third-order valence-corrected chi connectivity index (χ3v) is 3.44. The van der Waals surface area contributed by atoms with Crippen LogP contribution in [-0.2, 0) is 4.79 Å². The lowest BCUT2D eigenvalue weighted by Gasteiger charge is -2.01. The highest BCUT2D eigenvalue weighted by Gasteiger charge is 2.10. The van der Waals surface area contributed by atoms with Gasteiger partial charge in [-0.3, -0.25) is 9.59 Å². The first-order valence-corrected chi connectivity index (χ1v) is 7.40. The van der Waals surface area contributed by atoms with E-state index in [-0.39, 0.29) is 11.8 Å². The predicted octanol–water partition coefficient (Wildman–Crippen LogP) is 2.89. The summed E-state index contributed by atoms with van der Waals surface area (Å²) < 4.78 is 0. The molecular weight excluding hydrogens is 304 g/mol. The lowest BCUT2D eigenvalue weighted by molar-refractivity contribution is -0.114. The Bertz CT molecular complexity index is 910. The van der Waals surface area contributed by atoms with E-state index < -0.39 is 0 Å². The SMILES string of the molecule is CC(=O)Nc1ccc(/C=N\NC(=O)c2c[nH]c3ccccc23)cc1. The van der Waals surface area contributed by atoms with E-state index in [1.807, 2.05) is 24.3 Å². The zero-order valence-electron chi connectivity index (χ0n) is 13.0. The molecular formula is C18H16N4O2. The van der Waals surface area contributed by atoms with Crippen LogP contribution in [0.2, 0.25) is 0 Å². The quantitative estimate of drug-likeness (QED) is 0.510. The number of rotatable bonds is 4. The van der Waals surface area contributed by atoms with Gasteiger partial charge in [0, 0.05) is 29.7 Å². The molecule has 0 aliphatic carbocycles. The van der Waals surface area contributed by atoms with E-state index in [0.29, 0.717) is 11.3 Å². The van der Waals surface area contributed by atoms with Crippen molar-refractivity contribution in [1.29, 1.82) is 0 Å². The van der Waals surface area contributed by atoms with E-state index in [4.69, 9.17) is 0 Å². The molecule has 1 heterocycles. The lowest BCUT2D eigenvalue weighted by atomic mass is 10.2. The fourth-order valence-electron chi connectivity index (χ4n) is 2.34. The molecule has 3 aromatic rings. The van der Waals surface area contributed by atoms with Crippen LogP contribution >= 0.6 is 0 Å². The second kappa shape index (κ2) is 6.78. The highest BCUT2D eigenvalue weighted by atomic mass is 16.2. The van der Waals surface area contributed by atoms with Gasteiger partial charge in [0.2, 0.25) is 5.91 Å². The number of hydrogen-bond acceptors (Lipinski definition) is 3. The Morgan fingerprint density at radius 2 is 1.83 bits per heavy atom. The first-order chi connectivity index (χ1) is 11.6. The molecule has 2 amide bonds. The summed E-state index contributed by atoms with van der Waals surface area (Å²) in [6.07, 6.45) is 3.21. The molecule has 0 bridgehead atoms. The van der Waals surface area contributed by atoms with Crippen molar-refractivity contribution >= 4 is 34.6 Å². The zero-order chi connectivity index (χ0) is 16.9. The number of aromatic amines is 1. The van der Waals surface area contributed by atoms with E-state index in [9.17, 15) is 9.59 Å². The van der Waals surface area contributed by atoms with Crippen LogP contribution in [0, 0.1) is 0 Å². The number of hydrazone groups is 1. The van der Waals surface area contributed by atoms with Crippen molar-refractivity contribution in [1.82, 2.24) is 10.4 Å². The summed E-state index contributed by atoms with van der Waals surface area (Å²) in [5, 5.41) is 7.51. The Morgan fingerprint density at radius 1 is 1.08 bits per heavy atom. The van der Waals surface area contributed by atoms with Crippen molar-refractivity contribution in [3.05, 3.63) is 65.9 Å². The van der Waals surface area contributed by atoms with Crippen LogP contribution in [0.4, 0.5) is 5.69 Å². The van der Waals surface area contributed by atoms with E-state index in [1.54, 1.807) is 36.7 Å². The molecule has 0 atom stereocenters. The van der Waals surface area contributed by atoms with Crippen LogP contribution in [0.5, 0.6) is 0 Å². The van der Waals surface area contributed by atoms with Crippen molar-refractivity contribution < 1.29 is 9.59 Å². The number of amides is 2. The van der Waals surface area contributed by atoms with E-state index in [2.05, 4.69) is 20.8 Å². The van der Waals surface area contributed by atoms with E-state index >= 15 is 0 Å². The molecule has 1 aromatic heterocycles. The molecule has 0 spiro atoms. The number of nitrogens with zero attached hydrogens (tertiary/aromatic N) is 1. The maximum Gasteiger partial charge on any atom is 0.273 e. The van der Waals surface area contributed by atoms with Crippen LogP contribution in [0.25, 0.3) is 10.9 Å². The van der Waals surface area contributed by atoms with Crippen molar-refractivity contribution in [3.8, 4) is 0 Å². The molecule has 0 aliphatic heterocycles. The zero-order valence-corrected chi connectivity index (χ0v) is 13.0. The number of fused-ring (bicyclic) bond motifs is 1. The Labute approximate surface area is 138 Å². The Hall–Kier alpha value is -3.41. The average molecular weight is 320 g/mol. The van der Waals surface area contributed by atoms with Crippen molar-refractivity contribution in [2.75, 3.05) is 5.32 Å². The average Bonchev–Trinajstić information content (AvgIpc) is 3.00. The minimum absolute atomic E-state index is 0.123. The molecule has 24 heavy (non-hydrogen) atoms. The Balaban J connectivity index is 1.65. The lowest BCUT2D eigenvalue weighted by Crippen LogP contribution is -2.17. The van der Waals surface area contributed by atoms with Crippen molar-refractivity contribution in [2.45, 2.75) is 6.92 Å². The second-order valence-electron chi connectivity index (χ2n) is 5.25. The van der Waals surface area contributed by atoms with Gasteiger partial charge in [0.05, 0.1) is 11.8 Å². The van der Waals surface area contributed by atoms with Gasteiger partial charge in [-0.15, -0.1) is 0 Å². The van der Waals surface area contributed by atoms with Gasteiger partial charge in [-0.2, -0.15) is 5.10 Å². The number of benzene rings is 2. The van der Waals surface area contributed by atoms with Crippen LogP contribution in [0.15, 0.2) is 59.8 Å². The number of para-hydroxylation sites is 1. The molecule has 0 saturated heterocycles. The Morgan fingerprint density at radius 3 is 2.58 bits per heavy atom. The molecule has 6 nitrogen and oxygen atoms in total. The number of carbonyl (C=O) groups excluding carboxylic acids is 2. The van der Waals surface area contributed by atoms with E-state index in [1.165, 1.54) is 6.92 Å². The van der Waals surface area contributed by atoms with Crippen molar-refractivity contribution in [2.24, 2.45) is 5.10 Å². The van der Waals surface area contributed by atoms with Crippen molar-refractivity contribution in [3.63, 3.8) is 0 Å². The first-order valence-electron chi connectivity index (χ1n) is 7.40. The smallest absolute Gasteiger partial charge is 0.273 e. The van der Waals surface area contributed by atoms with Gasteiger partial charge < -0.3 is 10.3 Å². The number of aromatic nitrogens is 1. The molecule has 3 N–H and O–H groups in total. The molecule has 6 heteroatoms. The minimum Gasteiger partial charge on any atom is -0.360 e. The summed E-state index contributed by atoms with van der Waals surface area (Å²) in [5.74, 6) is -0.402. The highest BCUT2D eigenvalue weighted by molar-refractivity contribution is 6.06. The maximum atomic E-state index is 12.2. The standard InChI is InChI=1S/C18H16N4O2/c1-12(23)21-14-8-6-13(7-9-14)10-20-22-18(24)16-11-19-17-5-3-2-4-15(16)17/h2-11,19H,1H3,(H,21,23)(H,22,24)/b20-10-. The van der Waals surface area contributed by atoms with Gasteiger partial charge in [-0.25, -0.2) is 5.43 Å². The van der Waals surface area contributed by atoms with Gasteiger partial charge >= 0.3 is 0 Å². The fourth-order valence-corrected chi connectivity index (χ4v) is 2.34. The topological polar surface area (TPSA) is 86.3 Å². The van der Waals surface area contributed by atoms with Crippen LogP contribution < -0.4 is 10.7 Å². The molecule has 0 radical (unpaired) electrons. The number of hydrogen-bond donors (Lipinski definition) is 3. The summed E-state index contributed by atoms with van der Waals surface area (Å²) in [7, 11) is 0. The van der Waals surface area contributed by atoms with Gasteiger partial charge in [0.15, 0.2) is 0 Å². The van der Waals surface area contributed by atoms with Gasteiger partial charge in [0.1, 0.15) is 0 Å². The van der Waals surface area contributed by atoms with Crippen LogP contribution in [-0.4, -0.2) is 23.0 Å². The largest absolute Gasteiger partial charge is 0.360 e. The van der Waals surface area contributed by atoms with E-state index in [0.717, 1.165) is 16.5 Å². The summed E-state index contributed by atoms with van der Waals surface area (Å²) in [5.41, 5.74) is 5.48. The maximum absolute atomic E-state index is 12.2. The number of H-pyrrole nitrogens is 1. The summed E-state index contributed by atoms with van der Waals surface area (Å²) in [4.78, 5) is 26.2. The van der Waals surface area contributed by atoms with Crippen LogP contribution in [0.3, 0.4) is 0 Å². The second-order valence-corrected chi connectivity index (χ2v) is 5.25. The molecule has 3 rings (SSSR count). The van der Waals surface area contributed by atoms with Gasteiger partial charge in [-0.1, -0.05) is 30.3 Å². The minimum atomic E-state index is -0.279. The molecule has 0 saturated carbocycles. The molecule has 0 aliphatic rings. The summed E-state index contributed by atoms with van der Waals surface area (Å²) in [6, 6.07) is 14.7.